The van der Waals surface area contributed by atoms with Crippen LogP contribution in [0.3, 0.4) is 0 Å². The van der Waals surface area contributed by atoms with E-state index in [2.05, 4.69) is 30.4 Å². The minimum Gasteiger partial charge on any atom is -0.511 e. The number of carbonyl (C=O) groups excluding carboxylic acids is 1. The van der Waals surface area contributed by atoms with Crippen molar-refractivity contribution in [3.63, 3.8) is 0 Å². The van der Waals surface area contributed by atoms with Gasteiger partial charge in [0.1, 0.15) is 16.2 Å². The van der Waals surface area contributed by atoms with Crippen molar-refractivity contribution < 1.29 is 26.7 Å². The van der Waals surface area contributed by atoms with Crippen LogP contribution in [0.5, 0.6) is 0 Å². The zero-order chi connectivity index (χ0) is 27.7. The molecule has 3 saturated carbocycles. The number of anilines is 2. The third-order valence-corrected chi connectivity index (χ3v) is 10.8. The fraction of sp³-hybridized carbons (Fsp3) is 0.385. The van der Waals surface area contributed by atoms with E-state index >= 15 is 0 Å². The highest BCUT2D eigenvalue weighted by molar-refractivity contribution is 9.10. The van der Waals surface area contributed by atoms with Crippen molar-refractivity contribution in [2.24, 2.45) is 22.2 Å². The number of aliphatic hydroxyl groups is 1. The summed E-state index contributed by atoms with van der Waals surface area (Å²) in [6.07, 6.45) is 4.82. The molecule has 2 heterocycles. The molecule has 1 amide bonds. The van der Waals surface area contributed by atoms with Gasteiger partial charge in [0.05, 0.1) is 11.9 Å². The molecule has 0 saturated heterocycles. The highest BCUT2D eigenvalue weighted by atomic mass is 79.9. The first kappa shape index (κ1) is 26.3. The molecule has 0 aromatic heterocycles. The number of aliphatic hydroxyl groups excluding tert-OH is 1. The average molecular weight is 636 g/mol. The van der Waals surface area contributed by atoms with Gasteiger partial charge in [0.25, 0.3) is 15.9 Å². The minimum atomic E-state index is -4.32. The maximum absolute atomic E-state index is 14.1. The van der Waals surface area contributed by atoms with Crippen LogP contribution in [0.4, 0.5) is 11.4 Å². The third kappa shape index (κ3) is 4.63. The van der Waals surface area contributed by atoms with Gasteiger partial charge in [0.15, 0.2) is 5.84 Å². The third-order valence-electron chi connectivity index (χ3n) is 8.14. The first-order chi connectivity index (χ1) is 18.4. The van der Waals surface area contributed by atoms with Gasteiger partial charge in [-0.3, -0.25) is 9.52 Å². The predicted molar refractivity (Wildman–Crippen MR) is 150 cm³/mol. The molecule has 3 fully saturated rings. The Labute approximate surface area is 235 Å². The second-order valence-electron chi connectivity index (χ2n) is 10.6. The summed E-state index contributed by atoms with van der Waals surface area (Å²) in [5.41, 5.74) is 0.978. The summed E-state index contributed by atoms with van der Waals surface area (Å²) >= 11 is 3.57. The van der Waals surface area contributed by atoms with Crippen LogP contribution in [0.1, 0.15) is 31.2 Å². The Kier molecular flexibility index (Phi) is 6.31. The summed E-state index contributed by atoms with van der Waals surface area (Å²) in [7, 11) is -7.95. The quantitative estimate of drug-likeness (QED) is 0.451. The lowest BCUT2D eigenvalue weighted by Crippen LogP contribution is -2.60. The van der Waals surface area contributed by atoms with Crippen molar-refractivity contribution in [3.05, 3.63) is 63.8 Å². The highest BCUT2D eigenvalue weighted by Gasteiger charge is 2.54. The highest BCUT2D eigenvalue weighted by Crippen LogP contribution is 2.52. The first-order valence-corrected chi connectivity index (χ1v) is 16.8. The summed E-state index contributed by atoms with van der Waals surface area (Å²) in [5.74, 6) is -0.682. The number of benzene rings is 2. The zero-order valence-electron chi connectivity index (χ0n) is 21.0. The van der Waals surface area contributed by atoms with Crippen LogP contribution in [-0.2, 0) is 31.4 Å². The zero-order valence-corrected chi connectivity index (χ0v) is 24.2. The second-order valence-corrected chi connectivity index (χ2v) is 14.8. The van der Waals surface area contributed by atoms with Crippen LogP contribution in [-0.4, -0.2) is 50.9 Å². The molecule has 39 heavy (non-hydrogen) atoms. The van der Waals surface area contributed by atoms with E-state index in [1.807, 2.05) is 24.3 Å². The smallest absolute Gasteiger partial charge is 0.286 e. The molecule has 0 spiro atoms. The molecule has 3 N–H and O–H groups in total. The van der Waals surface area contributed by atoms with Gasteiger partial charge in [0, 0.05) is 28.7 Å². The van der Waals surface area contributed by atoms with E-state index in [0.29, 0.717) is 6.54 Å². The average Bonchev–Trinajstić information content (AvgIpc) is 2.87. The van der Waals surface area contributed by atoms with Gasteiger partial charge in [-0.1, -0.05) is 34.1 Å². The molecule has 2 bridgehead atoms. The Morgan fingerprint density at radius 2 is 1.82 bits per heavy atom. The van der Waals surface area contributed by atoms with Crippen molar-refractivity contribution in [2.75, 3.05) is 16.3 Å². The maximum Gasteiger partial charge on any atom is 0.286 e. The van der Waals surface area contributed by atoms with Crippen LogP contribution in [0.15, 0.2) is 67.6 Å². The van der Waals surface area contributed by atoms with Crippen molar-refractivity contribution in [1.82, 2.24) is 4.90 Å². The van der Waals surface area contributed by atoms with Crippen LogP contribution < -0.4 is 10.0 Å². The minimum absolute atomic E-state index is 0.0665. The van der Waals surface area contributed by atoms with Gasteiger partial charge in [-0.25, -0.2) is 8.42 Å². The molecule has 13 heteroatoms. The van der Waals surface area contributed by atoms with E-state index in [0.717, 1.165) is 42.0 Å². The van der Waals surface area contributed by atoms with Gasteiger partial charge in [-0.05, 0) is 67.3 Å². The standard InChI is InChI=1S/C26H27BrN4O6S2/c1-38(34,35)29-17-10-11-19-20(12-17)39(36,37)30-25(28-19)22-24(32)21-14-6-8-15(9-7-14)23(21)31(26(22)33)13-16-4-2-3-5-18(16)27/h2-5,10-12,14-15,21,23,29,32H,6-9,13H2,1H3,(H,28,30)/t14?,15?,21-,23+/m1/s1. The molecule has 206 valence electrons. The largest absolute Gasteiger partial charge is 0.511 e. The van der Waals surface area contributed by atoms with E-state index in [1.54, 1.807) is 4.90 Å². The number of fused-ring (bicyclic) bond motifs is 3. The Morgan fingerprint density at radius 1 is 1.13 bits per heavy atom. The lowest BCUT2D eigenvalue weighted by molar-refractivity contribution is -0.140. The molecular formula is C26H27BrN4O6S2. The van der Waals surface area contributed by atoms with Gasteiger partial charge >= 0.3 is 0 Å². The number of nitrogens with one attached hydrogen (secondary N) is 2. The fourth-order valence-electron chi connectivity index (χ4n) is 6.56. The van der Waals surface area contributed by atoms with Gasteiger partial charge in [-0.15, -0.1) is 4.40 Å². The van der Waals surface area contributed by atoms with Gasteiger partial charge in [-0.2, -0.15) is 8.42 Å². The summed E-state index contributed by atoms with van der Waals surface area (Å²) in [5, 5.41) is 14.5. The number of rotatable bonds is 5. The number of carbonyl (C=O) groups is 1. The second kappa shape index (κ2) is 9.34. The van der Waals surface area contributed by atoms with Crippen molar-refractivity contribution in [1.29, 1.82) is 0 Å². The van der Waals surface area contributed by atoms with Crippen LogP contribution >= 0.6 is 15.9 Å². The number of sulfonamides is 2. The number of hydrogen-bond acceptors (Lipinski definition) is 7. The lowest BCUT2D eigenvalue weighted by atomic mass is 9.59. The van der Waals surface area contributed by atoms with Gasteiger partial charge in [0.2, 0.25) is 10.0 Å². The molecule has 2 aromatic carbocycles. The topological polar surface area (TPSA) is 145 Å². The molecule has 0 unspecified atom stereocenters. The Morgan fingerprint density at radius 3 is 2.51 bits per heavy atom. The van der Waals surface area contributed by atoms with Crippen LogP contribution in [0.2, 0.25) is 0 Å². The van der Waals surface area contributed by atoms with E-state index < -0.39 is 26.0 Å². The van der Waals surface area contributed by atoms with E-state index in [9.17, 15) is 26.7 Å². The summed E-state index contributed by atoms with van der Waals surface area (Å²) < 4.78 is 56.8. The number of hydrogen-bond donors (Lipinski definition) is 3. The maximum atomic E-state index is 14.1. The van der Waals surface area contributed by atoms with E-state index in [4.69, 9.17) is 0 Å². The van der Waals surface area contributed by atoms with Crippen molar-refractivity contribution >= 4 is 59.1 Å². The molecular weight excluding hydrogens is 608 g/mol. The predicted octanol–water partition coefficient (Wildman–Crippen LogP) is 3.99. The Hall–Kier alpha value is -2.90. The van der Waals surface area contributed by atoms with E-state index in [1.165, 1.54) is 18.2 Å². The van der Waals surface area contributed by atoms with Crippen LogP contribution in [0, 0.1) is 17.8 Å². The molecule has 10 nitrogen and oxygen atoms in total. The Balaban J connectivity index is 1.43. The molecule has 7 rings (SSSR count). The van der Waals surface area contributed by atoms with Gasteiger partial charge < -0.3 is 15.3 Å². The SMILES string of the molecule is CS(=O)(=O)Nc1ccc2c(c1)S(=O)(=O)N=C(C1=C(O)[C@@H]3C4CCC(CC4)[C@@H]3N(Cc3ccccc3Br)C1=O)N2. The lowest BCUT2D eigenvalue weighted by Gasteiger charge is -2.54. The Bertz CT molecular complexity index is 1660. The number of amides is 1. The summed E-state index contributed by atoms with van der Waals surface area (Å²) in [6, 6.07) is 11.5. The number of nitrogens with zero attached hydrogens (tertiary/aromatic N) is 2. The monoisotopic (exact) mass is 634 g/mol. The number of amidine groups is 1. The molecule has 0 radical (unpaired) electrons. The normalized spacial score (nSPS) is 27.4. The molecule has 3 aliphatic carbocycles. The molecule has 2 atom stereocenters. The number of halogens is 1. The molecule has 2 aromatic rings. The van der Waals surface area contributed by atoms with E-state index in [-0.39, 0.29) is 57.2 Å². The van der Waals surface area contributed by atoms with Crippen LogP contribution in [0.25, 0.3) is 0 Å². The summed E-state index contributed by atoms with van der Waals surface area (Å²) in [6.45, 7) is 0.304. The van der Waals surface area contributed by atoms with Crippen molar-refractivity contribution in [3.8, 4) is 0 Å². The molecule has 5 aliphatic rings. The first-order valence-electron chi connectivity index (χ1n) is 12.6. The summed E-state index contributed by atoms with van der Waals surface area (Å²) in [4.78, 5) is 15.7. The fourth-order valence-corrected chi connectivity index (χ4v) is 8.67. The molecule has 2 aliphatic heterocycles. The van der Waals surface area contributed by atoms with Crippen molar-refractivity contribution in [2.45, 2.75) is 43.2 Å².